The fraction of sp³-hybridized carbons (Fsp3) is 0.333. The van der Waals surface area contributed by atoms with Crippen LogP contribution < -0.4 is 4.74 Å². The van der Waals surface area contributed by atoms with Crippen molar-refractivity contribution in [2.75, 3.05) is 0 Å². The van der Waals surface area contributed by atoms with Gasteiger partial charge >= 0.3 is 12.6 Å². The molecule has 14 heavy (non-hydrogen) atoms. The minimum Gasteiger partial charge on any atom is -0.476 e. The average Bonchev–Trinajstić information content (AvgIpc) is 2.31. The van der Waals surface area contributed by atoms with E-state index in [1.54, 1.807) is 0 Å². The molecular weight excluding hydrogens is 266 g/mol. The highest BCUT2D eigenvalue weighted by atomic mass is 79.9. The normalized spacial score (nSPS) is 10.6. The second kappa shape index (κ2) is 3.91. The maximum Gasteiger partial charge on any atom is 0.388 e. The first-order valence-electron chi connectivity index (χ1n) is 3.34. The average molecular weight is 271 g/mol. The van der Waals surface area contributed by atoms with Crippen molar-refractivity contribution in [2.45, 2.75) is 6.61 Å². The molecule has 1 rings (SSSR count). The summed E-state index contributed by atoms with van der Waals surface area (Å²) in [6.45, 7) is -3.02. The summed E-state index contributed by atoms with van der Waals surface area (Å²) in [5.41, 5.74) is -0.372. The van der Waals surface area contributed by atoms with E-state index in [0.29, 0.717) is 0 Å². The molecule has 0 fully saturated rings. The number of aromatic nitrogens is 2. The zero-order chi connectivity index (χ0) is 10.9. The summed E-state index contributed by atoms with van der Waals surface area (Å²) >= 11 is 2.81. The maximum atomic E-state index is 11.9. The molecule has 0 aromatic carbocycles. The van der Waals surface area contributed by atoms with Gasteiger partial charge in [0.2, 0.25) is 5.88 Å². The van der Waals surface area contributed by atoms with Crippen molar-refractivity contribution in [1.29, 1.82) is 0 Å². The number of carboxylic acid groups (broad SMARTS) is 1. The molecule has 1 aromatic heterocycles. The lowest BCUT2D eigenvalue weighted by molar-refractivity contribution is -0.0558. The van der Waals surface area contributed by atoms with E-state index in [-0.39, 0.29) is 16.0 Å². The molecule has 0 aliphatic carbocycles. The Labute approximate surface area is 85.4 Å². The van der Waals surface area contributed by atoms with Gasteiger partial charge in [0.1, 0.15) is 4.47 Å². The molecule has 8 heteroatoms. The molecule has 1 aromatic rings. The molecule has 0 aliphatic heterocycles. The highest BCUT2D eigenvalue weighted by molar-refractivity contribution is 9.10. The number of alkyl halides is 2. The molecule has 0 spiro atoms. The summed E-state index contributed by atoms with van der Waals surface area (Å²) < 4.78 is 28.6. The predicted molar refractivity (Wildman–Crippen MR) is 44.5 cm³/mol. The molecule has 5 nitrogen and oxygen atoms in total. The van der Waals surface area contributed by atoms with Crippen LogP contribution in [0.2, 0.25) is 0 Å². The lowest BCUT2D eigenvalue weighted by Crippen LogP contribution is -2.06. The molecule has 0 unspecified atom stereocenters. The SMILES string of the molecule is Cn1nc(C(=O)O)c(Br)c1OC(F)F. The maximum absolute atomic E-state index is 11.9. The van der Waals surface area contributed by atoms with Crippen LogP contribution in [0.4, 0.5) is 8.78 Å². The van der Waals surface area contributed by atoms with E-state index in [2.05, 4.69) is 25.8 Å². The number of rotatable bonds is 3. The molecule has 0 radical (unpaired) electrons. The van der Waals surface area contributed by atoms with Crippen molar-refractivity contribution in [3.05, 3.63) is 10.2 Å². The van der Waals surface area contributed by atoms with Gasteiger partial charge in [0, 0.05) is 7.05 Å². The van der Waals surface area contributed by atoms with Crippen molar-refractivity contribution in [1.82, 2.24) is 9.78 Å². The van der Waals surface area contributed by atoms with Gasteiger partial charge in [-0.3, -0.25) is 0 Å². The molecule has 78 valence electrons. The largest absolute Gasteiger partial charge is 0.476 e. The summed E-state index contributed by atoms with van der Waals surface area (Å²) in [7, 11) is 1.30. The highest BCUT2D eigenvalue weighted by Crippen LogP contribution is 2.29. The minimum absolute atomic E-state index is 0.104. The number of aryl methyl sites for hydroxylation is 1. The van der Waals surface area contributed by atoms with Crippen molar-refractivity contribution < 1.29 is 23.4 Å². The first-order chi connectivity index (χ1) is 6.43. The summed E-state index contributed by atoms with van der Waals surface area (Å²) in [6.07, 6.45) is 0. The fourth-order valence-electron chi connectivity index (χ4n) is 0.832. The van der Waals surface area contributed by atoms with Gasteiger partial charge in [-0.1, -0.05) is 0 Å². The second-order valence-electron chi connectivity index (χ2n) is 2.28. The first-order valence-corrected chi connectivity index (χ1v) is 4.13. The van der Waals surface area contributed by atoms with Crippen LogP contribution in [0.1, 0.15) is 10.5 Å². The molecular formula is C6H5BrF2N2O3. The van der Waals surface area contributed by atoms with Gasteiger partial charge in [-0.15, -0.1) is 0 Å². The standard InChI is InChI=1S/C6H5BrF2N2O3/c1-11-4(14-6(8)9)2(7)3(10-11)5(12)13/h6H,1H3,(H,12,13). The zero-order valence-corrected chi connectivity index (χ0v) is 8.46. The van der Waals surface area contributed by atoms with Gasteiger partial charge in [-0.25, -0.2) is 9.48 Å². The number of carbonyl (C=O) groups is 1. The third-order valence-corrected chi connectivity index (χ3v) is 2.06. The van der Waals surface area contributed by atoms with Crippen molar-refractivity contribution in [2.24, 2.45) is 7.05 Å². The number of nitrogens with zero attached hydrogens (tertiary/aromatic N) is 2. The lowest BCUT2D eigenvalue weighted by atomic mass is 10.4. The van der Waals surface area contributed by atoms with Crippen LogP contribution in [0, 0.1) is 0 Å². The Morgan fingerprint density at radius 1 is 1.71 bits per heavy atom. The summed E-state index contributed by atoms with van der Waals surface area (Å²) in [6, 6.07) is 0. The Bertz CT molecular complexity index is 366. The topological polar surface area (TPSA) is 64.4 Å². The van der Waals surface area contributed by atoms with E-state index in [0.717, 1.165) is 4.68 Å². The van der Waals surface area contributed by atoms with E-state index in [9.17, 15) is 13.6 Å². The van der Waals surface area contributed by atoms with Crippen LogP contribution in [-0.2, 0) is 7.05 Å². The molecule has 0 amide bonds. The second-order valence-corrected chi connectivity index (χ2v) is 3.07. The van der Waals surface area contributed by atoms with E-state index < -0.39 is 12.6 Å². The molecule has 1 N–H and O–H groups in total. The van der Waals surface area contributed by atoms with Crippen LogP contribution in [0.3, 0.4) is 0 Å². The van der Waals surface area contributed by atoms with Crippen LogP contribution in [0.15, 0.2) is 4.47 Å². The Morgan fingerprint density at radius 3 is 2.64 bits per heavy atom. The Hall–Kier alpha value is -1.18. The number of carboxylic acids is 1. The van der Waals surface area contributed by atoms with E-state index in [1.807, 2.05) is 0 Å². The van der Waals surface area contributed by atoms with Gasteiger partial charge < -0.3 is 9.84 Å². The number of aromatic carboxylic acids is 1. The number of hydrogen-bond donors (Lipinski definition) is 1. The molecule has 0 saturated carbocycles. The Morgan fingerprint density at radius 2 is 2.29 bits per heavy atom. The van der Waals surface area contributed by atoms with Crippen molar-refractivity contribution in [3.63, 3.8) is 0 Å². The number of ether oxygens (including phenoxy) is 1. The van der Waals surface area contributed by atoms with Gasteiger partial charge in [0.25, 0.3) is 0 Å². The van der Waals surface area contributed by atoms with Crippen LogP contribution in [0.25, 0.3) is 0 Å². The Kier molecular flexibility index (Phi) is 3.04. The summed E-state index contributed by atoms with van der Waals surface area (Å²) in [5, 5.41) is 12.1. The van der Waals surface area contributed by atoms with Gasteiger partial charge in [-0.05, 0) is 15.9 Å². The summed E-state index contributed by atoms with van der Waals surface area (Å²) in [5.74, 6) is -1.64. The van der Waals surface area contributed by atoms with Crippen molar-refractivity contribution in [3.8, 4) is 5.88 Å². The number of halogens is 3. The van der Waals surface area contributed by atoms with Crippen LogP contribution >= 0.6 is 15.9 Å². The molecule has 0 aliphatic rings. The molecule has 0 atom stereocenters. The van der Waals surface area contributed by atoms with Crippen LogP contribution in [0.5, 0.6) is 5.88 Å². The first kappa shape index (κ1) is 10.9. The predicted octanol–water partition coefficient (Wildman–Crippen LogP) is 1.48. The minimum atomic E-state index is -3.02. The Balaban J connectivity index is 3.11. The quantitative estimate of drug-likeness (QED) is 0.904. The third-order valence-electron chi connectivity index (χ3n) is 1.34. The van der Waals surface area contributed by atoms with Crippen molar-refractivity contribution >= 4 is 21.9 Å². The molecule has 0 saturated heterocycles. The summed E-state index contributed by atoms with van der Waals surface area (Å²) in [4.78, 5) is 10.5. The smallest absolute Gasteiger partial charge is 0.388 e. The molecule has 1 heterocycles. The lowest BCUT2D eigenvalue weighted by Gasteiger charge is -2.03. The van der Waals surface area contributed by atoms with E-state index in [4.69, 9.17) is 5.11 Å². The number of hydrogen-bond acceptors (Lipinski definition) is 3. The highest BCUT2D eigenvalue weighted by Gasteiger charge is 2.22. The van der Waals surface area contributed by atoms with E-state index >= 15 is 0 Å². The fourth-order valence-corrected chi connectivity index (χ4v) is 1.43. The monoisotopic (exact) mass is 270 g/mol. The molecule has 0 bridgehead atoms. The van der Waals surface area contributed by atoms with Gasteiger partial charge in [0.15, 0.2) is 5.69 Å². The van der Waals surface area contributed by atoms with Gasteiger partial charge in [-0.2, -0.15) is 13.9 Å². The van der Waals surface area contributed by atoms with E-state index in [1.165, 1.54) is 7.05 Å². The van der Waals surface area contributed by atoms with Gasteiger partial charge in [0.05, 0.1) is 0 Å². The zero-order valence-electron chi connectivity index (χ0n) is 6.87. The van der Waals surface area contributed by atoms with Crippen LogP contribution in [-0.4, -0.2) is 27.5 Å². The third kappa shape index (κ3) is 2.00.